The van der Waals surface area contributed by atoms with Crippen LogP contribution < -0.4 is 0 Å². The largest absolute Gasteiger partial charge is 0.342 e. The number of hydrogen-bond donors (Lipinski definition) is 0. The number of Topliss-reactive ketones (excluding diaryl/α,β-unsaturated/α-hetero) is 1. The lowest BCUT2D eigenvalue weighted by atomic mass is 10.1. The van der Waals surface area contributed by atoms with Crippen LogP contribution in [0.1, 0.15) is 32.3 Å². The number of carbonyl (C=O) groups excluding carboxylic acids is 1. The summed E-state index contributed by atoms with van der Waals surface area (Å²) in [5.41, 5.74) is 0.991. The van der Waals surface area contributed by atoms with Crippen molar-refractivity contribution in [3.63, 3.8) is 0 Å². The molecule has 0 aromatic heterocycles. The number of aryl methyl sites for hydroxylation is 1. The molecule has 0 radical (unpaired) electrons. The molecule has 0 bridgehead atoms. The molecule has 0 aliphatic carbocycles. The van der Waals surface area contributed by atoms with Crippen molar-refractivity contribution in [2.24, 2.45) is 0 Å². The van der Waals surface area contributed by atoms with Gasteiger partial charge in [-0.25, -0.2) is 0 Å². The number of ketones is 1. The van der Waals surface area contributed by atoms with Crippen molar-refractivity contribution in [1.82, 2.24) is 0 Å². The van der Waals surface area contributed by atoms with Gasteiger partial charge in [0.2, 0.25) is 0 Å². The van der Waals surface area contributed by atoms with Gasteiger partial charge in [0.05, 0.1) is 17.7 Å². The Balaban J connectivity index is 2.28. The minimum atomic E-state index is -3.84. The van der Waals surface area contributed by atoms with Crippen LogP contribution in [0.2, 0.25) is 0 Å². The van der Waals surface area contributed by atoms with Crippen LogP contribution in [0.5, 0.6) is 0 Å². The van der Waals surface area contributed by atoms with Gasteiger partial charge in [-0.3, -0.25) is 4.79 Å². The molecule has 1 aromatic rings. The molecule has 1 fully saturated rings. The van der Waals surface area contributed by atoms with Crippen LogP contribution in [0.25, 0.3) is 0 Å². The van der Waals surface area contributed by atoms with Gasteiger partial charge >= 0.3 is 10.1 Å². The Morgan fingerprint density at radius 3 is 2.10 bits per heavy atom. The molecule has 21 heavy (non-hydrogen) atoms. The first-order chi connectivity index (χ1) is 9.75. The first-order valence-electron chi connectivity index (χ1n) is 7.16. The highest BCUT2D eigenvalue weighted by atomic mass is 32.2. The van der Waals surface area contributed by atoms with Gasteiger partial charge in [-0.2, -0.15) is 13.1 Å². The van der Waals surface area contributed by atoms with Crippen molar-refractivity contribution < 1.29 is 22.1 Å². The Bertz CT molecular complexity index is 610. The number of likely N-dealkylation sites (tertiary alicyclic amines) is 1. The van der Waals surface area contributed by atoms with E-state index in [1.54, 1.807) is 24.3 Å². The van der Waals surface area contributed by atoms with Crippen molar-refractivity contribution in [2.75, 3.05) is 13.1 Å². The lowest BCUT2D eigenvalue weighted by Crippen LogP contribution is -2.58. The fourth-order valence-corrected chi connectivity index (χ4v) is 3.75. The number of nitrogens with zero attached hydrogens (tertiary/aromatic N) is 1. The molecule has 116 valence electrons. The molecular weight excluding hydrogens is 290 g/mol. The lowest BCUT2D eigenvalue weighted by Gasteiger charge is -2.39. The van der Waals surface area contributed by atoms with E-state index in [1.807, 2.05) is 20.8 Å². The van der Waals surface area contributed by atoms with Gasteiger partial charge in [-0.1, -0.05) is 22.0 Å². The summed E-state index contributed by atoms with van der Waals surface area (Å²) < 4.78 is 30.5. The van der Waals surface area contributed by atoms with Crippen molar-refractivity contribution in [3.8, 4) is 0 Å². The monoisotopic (exact) mass is 312 g/mol. The Morgan fingerprint density at radius 2 is 1.62 bits per heavy atom. The minimum absolute atomic E-state index is 0.0120. The number of benzene rings is 1. The SMILES string of the molecule is Cc1ccc(S(=O)(=O)O[N+]2(C(C)C)CCC(=O)CC2)cc1. The number of piperidine rings is 1. The van der Waals surface area contributed by atoms with Crippen LogP contribution in [-0.2, 0) is 19.2 Å². The third kappa shape index (κ3) is 3.51. The Morgan fingerprint density at radius 1 is 1.10 bits per heavy atom. The molecule has 0 N–H and O–H groups in total. The van der Waals surface area contributed by atoms with Crippen molar-refractivity contribution in [2.45, 2.75) is 44.6 Å². The lowest BCUT2D eigenvalue weighted by molar-refractivity contribution is -1.10. The number of hydroxylamine groups is 3. The summed E-state index contributed by atoms with van der Waals surface area (Å²) in [7, 11) is -3.84. The van der Waals surface area contributed by atoms with Crippen LogP contribution in [-0.4, -0.2) is 38.0 Å². The van der Waals surface area contributed by atoms with Crippen LogP contribution in [0.4, 0.5) is 0 Å². The molecule has 6 heteroatoms. The Hall–Kier alpha value is -1.24. The third-order valence-corrected chi connectivity index (χ3v) is 5.38. The van der Waals surface area contributed by atoms with Crippen molar-refractivity contribution in [3.05, 3.63) is 29.8 Å². The summed E-state index contributed by atoms with van der Waals surface area (Å²) in [6.45, 7) is 6.54. The number of quaternary nitrogens is 1. The van der Waals surface area contributed by atoms with Gasteiger partial charge in [-0.05, 0) is 32.9 Å². The summed E-state index contributed by atoms with van der Waals surface area (Å²) in [6.07, 6.45) is 0.725. The number of carbonyl (C=O) groups is 1. The van der Waals surface area contributed by atoms with Crippen LogP contribution in [0, 0.1) is 6.92 Å². The third-order valence-electron chi connectivity index (χ3n) is 4.04. The molecule has 1 saturated heterocycles. The first-order valence-corrected chi connectivity index (χ1v) is 8.57. The molecule has 2 rings (SSSR count). The van der Waals surface area contributed by atoms with E-state index in [4.69, 9.17) is 4.28 Å². The second kappa shape index (κ2) is 5.87. The van der Waals surface area contributed by atoms with Crippen LogP contribution >= 0.6 is 0 Å². The van der Waals surface area contributed by atoms with Crippen LogP contribution in [0.15, 0.2) is 29.2 Å². The molecule has 0 unspecified atom stereocenters. The smallest absolute Gasteiger partial charge is 0.299 e. The highest BCUT2D eigenvalue weighted by Crippen LogP contribution is 2.27. The number of hydrogen-bond acceptors (Lipinski definition) is 4. The molecule has 0 atom stereocenters. The summed E-state index contributed by atoms with van der Waals surface area (Å²) in [5, 5.41) is 0. The summed E-state index contributed by atoms with van der Waals surface area (Å²) >= 11 is 0. The van der Waals surface area contributed by atoms with E-state index in [2.05, 4.69) is 0 Å². The predicted octanol–water partition coefficient (Wildman–Crippen LogP) is 2.20. The molecule has 0 spiro atoms. The van der Waals surface area contributed by atoms with Crippen molar-refractivity contribution >= 4 is 15.9 Å². The Kier molecular flexibility index (Phi) is 4.51. The van der Waals surface area contributed by atoms with E-state index in [9.17, 15) is 13.2 Å². The molecule has 0 saturated carbocycles. The van der Waals surface area contributed by atoms with E-state index < -0.39 is 10.1 Å². The van der Waals surface area contributed by atoms with Gasteiger partial charge < -0.3 is 0 Å². The summed E-state index contributed by atoms with van der Waals surface area (Å²) in [6, 6.07) is 6.57. The predicted molar refractivity (Wildman–Crippen MR) is 78.8 cm³/mol. The van der Waals surface area contributed by atoms with E-state index in [1.165, 1.54) is 0 Å². The molecule has 5 nitrogen and oxygen atoms in total. The maximum Gasteiger partial charge on any atom is 0.342 e. The Labute approximate surface area is 126 Å². The number of rotatable bonds is 4. The second-order valence-corrected chi connectivity index (χ2v) is 7.40. The molecule has 0 amide bonds. The van der Waals surface area contributed by atoms with Gasteiger partial charge in [0.15, 0.2) is 0 Å². The van der Waals surface area contributed by atoms with Gasteiger partial charge in [-0.15, -0.1) is 0 Å². The topological polar surface area (TPSA) is 60.4 Å². The maximum atomic E-state index is 12.5. The zero-order chi connectivity index (χ0) is 15.7. The quantitative estimate of drug-likeness (QED) is 0.800. The minimum Gasteiger partial charge on any atom is -0.299 e. The molecule has 1 aromatic carbocycles. The van der Waals surface area contributed by atoms with E-state index in [-0.39, 0.29) is 21.4 Å². The molecule has 1 heterocycles. The fourth-order valence-electron chi connectivity index (χ4n) is 2.49. The molecule has 1 aliphatic heterocycles. The standard InChI is InChI=1S/C15H22NO4S/c1-12(2)16(10-8-14(17)9-11-16)20-21(18,19)15-6-4-13(3)5-7-15/h4-7,12H,8-11H2,1-3H3/q+1. The van der Waals surface area contributed by atoms with Gasteiger partial charge in [0.1, 0.15) is 24.9 Å². The summed E-state index contributed by atoms with van der Waals surface area (Å²) in [4.78, 5) is 11.6. The average molecular weight is 312 g/mol. The first kappa shape index (κ1) is 16.1. The van der Waals surface area contributed by atoms with E-state index >= 15 is 0 Å². The van der Waals surface area contributed by atoms with Gasteiger partial charge in [0, 0.05) is 0 Å². The van der Waals surface area contributed by atoms with E-state index in [0.717, 1.165) is 5.56 Å². The summed E-state index contributed by atoms with van der Waals surface area (Å²) in [5.74, 6) is 0.167. The van der Waals surface area contributed by atoms with Crippen molar-refractivity contribution in [1.29, 1.82) is 0 Å². The van der Waals surface area contributed by atoms with Crippen LogP contribution in [0.3, 0.4) is 0 Å². The molecule has 1 aliphatic rings. The fraction of sp³-hybridized carbons (Fsp3) is 0.533. The normalized spacial score (nSPS) is 19.0. The average Bonchev–Trinajstić information content (AvgIpc) is 2.41. The zero-order valence-electron chi connectivity index (χ0n) is 12.7. The second-order valence-electron chi connectivity index (χ2n) is 5.87. The maximum absolute atomic E-state index is 12.5. The highest BCUT2D eigenvalue weighted by Gasteiger charge is 2.43. The van der Waals surface area contributed by atoms with E-state index in [0.29, 0.717) is 25.9 Å². The highest BCUT2D eigenvalue weighted by molar-refractivity contribution is 7.86. The van der Waals surface area contributed by atoms with Gasteiger partial charge in [0.25, 0.3) is 0 Å². The molecular formula is C15H22NO4S+. The zero-order valence-corrected chi connectivity index (χ0v) is 13.5.